The molecule has 2 rings (SSSR count). The maximum atomic E-state index is 10.9. The van der Waals surface area contributed by atoms with Gasteiger partial charge in [0.2, 0.25) is 5.91 Å². The van der Waals surface area contributed by atoms with E-state index in [1.165, 1.54) is 31.7 Å². The molecular weight excluding hydrogens is 236 g/mol. The summed E-state index contributed by atoms with van der Waals surface area (Å²) < 4.78 is 0. The summed E-state index contributed by atoms with van der Waals surface area (Å²) in [7, 11) is 0. The van der Waals surface area contributed by atoms with Crippen molar-refractivity contribution in [3.8, 4) is 0 Å². The Morgan fingerprint density at radius 2 is 2.00 bits per heavy atom. The van der Waals surface area contributed by atoms with E-state index in [9.17, 15) is 4.79 Å². The molecule has 1 fully saturated rings. The monoisotopic (exact) mass is 254 g/mol. The molecule has 1 amide bonds. The summed E-state index contributed by atoms with van der Waals surface area (Å²) in [6.45, 7) is 2.63. The largest absolute Gasteiger partial charge is 0.326 e. The van der Waals surface area contributed by atoms with Gasteiger partial charge >= 0.3 is 0 Å². The standard InChI is InChI=1S/C13H18N2O.ClH/c1-10(16)15-12-7-5-11(6-8-12)13-4-2-3-9-14-13;/h5-8,13-14H,2-4,9H2,1H3,(H,15,16);1H/t13-;/m1./s1. The molecule has 94 valence electrons. The zero-order valence-electron chi connectivity index (χ0n) is 10.0. The van der Waals surface area contributed by atoms with E-state index in [4.69, 9.17) is 0 Å². The Bertz CT molecular complexity index is 358. The van der Waals surface area contributed by atoms with Gasteiger partial charge in [0, 0.05) is 18.7 Å². The van der Waals surface area contributed by atoms with Crippen LogP contribution in [0.2, 0.25) is 0 Å². The van der Waals surface area contributed by atoms with Gasteiger partial charge in [-0.2, -0.15) is 0 Å². The van der Waals surface area contributed by atoms with E-state index < -0.39 is 0 Å². The summed E-state index contributed by atoms with van der Waals surface area (Å²) >= 11 is 0. The van der Waals surface area contributed by atoms with Crippen molar-refractivity contribution >= 4 is 24.0 Å². The highest BCUT2D eigenvalue weighted by Crippen LogP contribution is 2.23. The second kappa shape index (κ2) is 6.62. The summed E-state index contributed by atoms with van der Waals surface area (Å²) in [6.07, 6.45) is 3.78. The summed E-state index contributed by atoms with van der Waals surface area (Å²) in [5.74, 6) is -0.0245. The topological polar surface area (TPSA) is 41.1 Å². The molecule has 17 heavy (non-hydrogen) atoms. The van der Waals surface area contributed by atoms with Crippen LogP contribution < -0.4 is 10.6 Å². The quantitative estimate of drug-likeness (QED) is 0.852. The molecule has 0 saturated carbocycles. The Morgan fingerprint density at radius 3 is 2.53 bits per heavy atom. The molecule has 1 aliphatic rings. The Labute approximate surface area is 108 Å². The predicted molar refractivity (Wildman–Crippen MR) is 72.6 cm³/mol. The number of benzene rings is 1. The number of amides is 1. The second-order valence-corrected chi connectivity index (χ2v) is 4.31. The highest BCUT2D eigenvalue weighted by atomic mass is 35.5. The number of hydrogen-bond donors (Lipinski definition) is 2. The number of carbonyl (C=O) groups is 1. The molecule has 0 aliphatic carbocycles. The van der Waals surface area contributed by atoms with Crippen LogP contribution in [0.25, 0.3) is 0 Å². The van der Waals surface area contributed by atoms with Crippen molar-refractivity contribution < 1.29 is 4.79 Å². The first-order valence-corrected chi connectivity index (χ1v) is 5.86. The van der Waals surface area contributed by atoms with Crippen LogP contribution in [0.1, 0.15) is 37.8 Å². The number of nitrogens with one attached hydrogen (secondary N) is 2. The van der Waals surface area contributed by atoms with Crippen LogP contribution in [-0.2, 0) is 4.79 Å². The summed E-state index contributed by atoms with van der Waals surface area (Å²) in [4.78, 5) is 10.9. The van der Waals surface area contributed by atoms with Gasteiger partial charge in [-0.15, -0.1) is 12.4 Å². The van der Waals surface area contributed by atoms with Gasteiger partial charge in [-0.25, -0.2) is 0 Å². The molecule has 0 unspecified atom stereocenters. The van der Waals surface area contributed by atoms with Crippen LogP contribution in [0, 0.1) is 0 Å². The first kappa shape index (κ1) is 14.0. The molecule has 2 N–H and O–H groups in total. The van der Waals surface area contributed by atoms with Crippen molar-refractivity contribution in [3.05, 3.63) is 29.8 Å². The minimum absolute atomic E-state index is 0. The van der Waals surface area contributed by atoms with E-state index >= 15 is 0 Å². The molecular formula is C13H19ClN2O. The van der Waals surface area contributed by atoms with E-state index in [0.29, 0.717) is 6.04 Å². The fraction of sp³-hybridized carbons (Fsp3) is 0.462. The number of halogens is 1. The minimum atomic E-state index is -0.0245. The third kappa shape index (κ3) is 4.02. The lowest BCUT2D eigenvalue weighted by Gasteiger charge is -2.23. The second-order valence-electron chi connectivity index (χ2n) is 4.31. The average molecular weight is 255 g/mol. The lowest BCUT2D eigenvalue weighted by molar-refractivity contribution is -0.114. The first-order chi connectivity index (χ1) is 7.75. The van der Waals surface area contributed by atoms with Crippen molar-refractivity contribution in [2.45, 2.75) is 32.2 Å². The van der Waals surface area contributed by atoms with Crippen molar-refractivity contribution in [2.24, 2.45) is 0 Å². The molecule has 1 heterocycles. The van der Waals surface area contributed by atoms with Gasteiger partial charge in [-0.3, -0.25) is 4.79 Å². The Balaban J connectivity index is 0.00000144. The number of rotatable bonds is 2. The molecule has 0 spiro atoms. The SMILES string of the molecule is CC(=O)Nc1ccc([C@H]2CCCCN2)cc1.Cl. The maximum Gasteiger partial charge on any atom is 0.221 e. The molecule has 1 saturated heterocycles. The number of hydrogen-bond acceptors (Lipinski definition) is 2. The molecule has 3 nitrogen and oxygen atoms in total. The van der Waals surface area contributed by atoms with Crippen LogP contribution in [0.3, 0.4) is 0 Å². The molecule has 1 aromatic rings. The molecule has 1 aromatic carbocycles. The Kier molecular flexibility index (Phi) is 5.45. The van der Waals surface area contributed by atoms with E-state index in [0.717, 1.165) is 12.2 Å². The zero-order valence-corrected chi connectivity index (χ0v) is 10.8. The highest BCUT2D eigenvalue weighted by Gasteiger charge is 2.13. The van der Waals surface area contributed by atoms with Gasteiger partial charge < -0.3 is 10.6 Å². The van der Waals surface area contributed by atoms with E-state index in [-0.39, 0.29) is 18.3 Å². The van der Waals surface area contributed by atoms with Crippen molar-refractivity contribution in [2.75, 3.05) is 11.9 Å². The molecule has 4 heteroatoms. The van der Waals surface area contributed by atoms with Crippen LogP contribution in [0.15, 0.2) is 24.3 Å². The molecule has 1 aliphatic heterocycles. The van der Waals surface area contributed by atoms with Crippen LogP contribution >= 0.6 is 12.4 Å². The highest BCUT2D eigenvalue weighted by molar-refractivity contribution is 5.88. The van der Waals surface area contributed by atoms with Crippen molar-refractivity contribution in [1.82, 2.24) is 5.32 Å². The van der Waals surface area contributed by atoms with Crippen LogP contribution in [-0.4, -0.2) is 12.5 Å². The third-order valence-electron chi connectivity index (χ3n) is 2.94. The average Bonchev–Trinajstić information content (AvgIpc) is 2.30. The molecule has 0 bridgehead atoms. The summed E-state index contributed by atoms with van der Waals surface area (Å²) in [5.41, 5.74) is 2.18. The third-order valence-corrected chi connectivity index (χ3v) is 2.94. The zero-order chi connectivity index (χ0) is 11.4. The molecule has 0 radical (unpaired) electrons. The number of anilines is 1. The van der Waals surface area contributed by atoms with Gasteiger partial charge in [0.25, 0.3) is 0 Å². The first-order valence-electron chi connectivity index (χ1n) is 5.86. The van der Waals surface area contributed by atoms with Gasteiger partial charge in [0.15, 0.2) is 0 Å². The normalized spacial score (nSPS) is 19.2. The van der Waals surface area contributed by atoms with E-state index in [1.807, 2.05) is 12.1 Å². The van der Waals surface area contributed by atoms with Gasteiger partial charge in [0.05, 0.1) is 0 Å². The van der Waals surface area contributed by atoms with Crippen molar-refractivity contribution in [1.29, 1.82) is 0 Å². The Morgan fingerprint density at radius 1 is 1.29 bits per heavy atom. The summed E-state index contributed by atoms with van der Waals surface area (Å²) in [5, 5.41) is 6.28. The molecule has 1 atom stereocenters. The number of carbonyl (C=O) groups excluding carboxylic acids is 1. The fourth-order valence-corrected chi connectivity index (χ4v) is 2.14. The fourth-order valence-electron chi connectivity index (χ4n) is 2.14. The van der Waals surface area contributed by atoms with Crippen LogP contribution in [0.4, 0.5) is 5.69 Å². The van der Waals surface area contributed by atoms with Crippen molar-refractivity contribution in [3.63, 3.8) is 0 Å². The van der Waals surface area contributed by atoms with Crippen LogP contribution in [0.5, 0.6) is 0 Å². The lowest BCUT2D eigenvalue weighted by atomic mass is 9.97. The van der Waals surface area contributed by atoms with Gasteiger partial charge in [-0.05, 0) is 37.1 Å². The summed E-state index contributed by atoms with van der Waals surface area (Å²) in [6, 6.07) is 8.60. The van der Waals surface area contributed by atoms with E-state index in [2.05, 4.69) is 22.8 Å². The smallest absolute Gasteiger partial charge is 0.221 e. The lowest BCUT2D eigenvalue weighted by Crippen LogP contribution is -2.26. The molecule has 0 aromatic heterocycles. The predicted octanol–water partition coefficient (Wildman–Crippen LogP) is 2.88. The minimum Gasteiger partial charge on any atom is -0.326 e. The van der Waals surface area contributed by atoms with Gasteiger partial charge in [0.1, 0.15) is 0 Å². The van der Waals surface area contributed by atoms with E-state index in [1.54, 1.807) is 0 Å². The van der Waals surface area contributed by atoms with Gasteiger partial charge in [-0.1, -0.05) is 18.6 Å². The Hall–Kier alpha value is -1.06. The number of piperidine rings is 1. The maximum absolute atomic E-state index is 10.9.